The van der Waals surface area contributed by atoms with Crippen LogP contribution < -0.4 is 5.32 Å². The topological polar surface area (TPSA) is 15.3 Å². The number of nitrogens with zero attached hydrogens (tertiary/aromatic N) is 1. The van der Waals surface area contributed by atoms with Crippen molar-refractivity contribution in [3.05, 3.63) is 0 Å². The quantitative estimate of drug-likeness (QED) is 0.643. The molecular weight excluding hydrogens is 148 g/mol. The Morgan fingerprint density at radius 1 is 1.50 bits per heavy atom. The fourth-order valence-electron chi connectivity index (χ4n) is 1.90. The van der Waals surface area contributed by atoms with Gasteiger partial charge in [-0.3, -0.25) is 0 Å². The first-order valence-electron chi connectivity index (χ1n) is 5.10. The largest absolute Gasteiger partial charge is 0.310 e. The van der Waals surface area contributed by atoms with Crippen LogP contribution in [0.5, 0.6) is 0 Å². The lowest BCUT2D eigenvalue weighted by Crippen LogP contribution is -2.44. The summed E-state index contributed by atoms with van der Waals surface area (Å²) in [5, 5.41) is 3.65. The highest BCUT2D eigenvalue weighted by atomic mass is 15.2. The Morgan fingerprint density at radius 3 is 2.75 bits per heavy atom. The SMILES string of the molecule is CCCCNC1(C)CCN(C)C1. The third-order valence-electron chi connectivity index (χ3n) is 2.75. The second kappa shape index (κ2) is 4.24. The lowest BCUT2D eigenvalue weighted by atomic mass is 10.0. The summed E-state index contributed by atoms with van der Waals surface area (Å²) in [5.41, 5.74) is 0.393. The minimum atomic E-state index is 0.393. The fourth-order valence-corrected chi connectivity index (χ4v) is 1.90. The molecule has 0 radical (unpaired) electrons. The van der Waals surface area contributed by atoms with Crippen molar-refractivity contribution in [3.63, 3.8) is 0 Å². The maximum atomic E-state index is 3.65. The van der Waals surface area contributed by atoms with Crippen molar-refractivity contribution < 1.29 is 0 Å². The van der Waals surface area contributed by atoms with Crippen LogP contribution in [0.25, 0.3) is 0 Å². The third-order valence-corrected chi connectivity index (χ3v) is 2.75. The lowest BCUT2D eigenvalue weighted by Gasteiger charge is -2.25. The van der Waals surface area contributed by atoms with Crippen LogP contribution in [0, 0.1) is 0 Å². The van der Waals surface area contributed by atoms with E-state index in [0.717, 1.165) is 0 Å². The molecular formula is C10H22N2. The molecule has 1 aliphatic rings. The van der Waals surface area contributed by atoms with E-state index >= 15 is 0 Å². The van der Waals surface area contributed by atoms with E-state index in [2.05, 4.69) is 31.1 Å². The van der Waals surface area contributed by atoms with Gasteiger partial charge >= 0.3 is 0 Å². The van der Waals surface area contributed by atoms with Crippen LogP contribution in [0.2, 0.25) is 0 Å². The van der Waals surface area contributed by atoms with Gasteiger partial charge < -0.3 is 10.2 Å². The fraction of sp³-hybridized carbons (Fsp3) is 1.00. The zero-order valence-corrected chi connectivity index (χ0v) is 8.69. The van der Waals surface area contributed by atoms with Gasteiger partial charge in [-0.1, -0.05) is 13.3 Å². The van der Waals surface area contributed by atoms with Gasteiger partial charge in [0.05, 0.1) is 0 Å². The van der Waals surface area contributed by atoms with E-state index in [9.17, 15) is 0 Å². The normalized spacial score (nSPS) is 31.2. The molecule has 0 amide bonds. The minimum Gasteiger partial charge on any atom is -0.310 e. The van der Waals surface area contributed by atoms with Crippen molar-refractivity contribution in [2.24, 2.45) is 0 Å². The van der Waals surface area contributed by atoms with Crippen molar-refractivity contribution in [2.45, 2.75) is 38.6 Å². The summed E-state index contributed by atoms with van der Waals surface area (Å²) in [5.74, 6) is 0. The number of nitrogens with one attached hydrogen (secondary N) is 1. The van der Waals surface area contributed by atoms with Gasteiger partial charge in [-0.25, -0.2) is 0 Å². The second-order valence-corrected chi connectivity index (χ2v) is 4.33. The Kier molecular flexibility index (Phi) is 3.53. The summed E-state index contributed by atoms with van der Waals surface area (Å²) in [4.78, 5) is 2.40. The number of likely N-dealkylation sites (N-methyl/N-ethyl adjacent to an activating group) is 1. The summed E-state index contributed by atoms with van der Waals surface area (Å²) in [7, 11) is 2.20. The second-order valence-electron chi connectivity index (χ2n) is 4.33. The number of likely N-dealkylation sites (tertiary alicyclic amines) is 1. The van der Waals surface area contributed by atoms with Gasteiger partial charge in [-0.2, -0.15) is 0 Å². The van der Waals surface area contributed by atoms with Gasteiger partial charge in [0.15, 0.2) is 0 Å². The molecule has 2 nitrogen and oxygen atoms in total. The molecule has 1 N–H and O–H groups in total. The number of hydrogen-bond acceptors (Lipinski definition) is 2. The van der Waals surface area contributed by atoms with Crippen molar-refractivity contribution in [1.82, 2.24) is 10.2 Å². The first kappa shape index (κ1) is 10.0. The molecule has 0 bridgehead atoms. The number of rotatable bonds is 4. The predicted octanol–water partition coefficient (Wildman–Crippen LogP) is 1.47. The van der Waals surface area contributed by atoms with Crippen molar-refractivity contribution in [3.8, 4) is 0 Å². The Labute approximate surface area is 76.3 Å². The predicted molar refractivity (Wildman–Crippen MR) is 53.4 cm³/mol. The Morgan fingerprint density at radius 2 is 2.25 bits per heavy atom. The third kappa shape index (κ3) is 2.76. The highest BCUT2D eigenvalue weighted by molar-refractivity contribution is 4.91. The van der Waals surface area contributed by atoms with Crippen LogP contribution in [0.15, 0.2) is 0 Å². The average Bonchev–Trinajstić information content (AvgIpc) is 2.32. The summed E-state index contributed by atoms with van der Waals surface area (Å²) in [6, 6.07) is 0. The number of hydrogen-bond donors (Lipinski definition) is 1. The van der Waals surface area contributed by atoms with E-state index in [0.29, 0.717) is 5.54 Å². The molecule has 72 valence electrons. The maximum Gasteiger partial charge on any atom is 0.0292 e. The van der Waals surface area contributed by atoms with Gasteiger partial charge in [0.1, 0.15) is 0 Å². The molecule has 12 heavy (non-hydrogen) atoms. The molecule has 1 atom stereocenters. The first-order valence-corrected chi connectivity index (χ1v) is 5.10. The molecule has 1 saturated heterocycles. The minimum absolute atomic E-state index is 0.393. The Balaban J connectivity index is 2.21. The van der Waals surface area contributed by atoms with E-state index < -0.39 is 0 Å². The highest BCUT2D eigenvalue weighted by Gasteiger charge is 2.30. The van der Waals surface area contributed by atoms with Crippen LogP contribution in [-0.4, -0.2) is 37.1 Å². The molecule has 0 spiro atoms. The van der Waals surface area contributed by atoms with Gasteiger partial charge in [0, 0.05) is 12.1 Å². The van der Waals surface area contributed by atoms with Gasteiger partial charge in [0.25, 0.3) is 0 Å². The van der Waals surface area contributed by atoms with Crippen molar-refractivity contribution in [2.75, 3.05) is 26.7 Å². The Bertz CT molecular complexity index is 136. The smallest absolute Gasteiger partial charge is 0.0292 e. The summed E-state index contributed by atoms with van der Waals surface area (Å²) < 4.78 is 0. The summed E-state index contributed by atoms with van der Waals surface area (Å²) in [6.07, 6.45) is 3.89. The first-order chi connectivity index (χ1) is 5.66. The van der Waals surface area contributed by atoms with Gasteiger partial charge in [-0.15, -0.1) is 0 Å². The van der Waals surface area contributed by atoms with Crippen LogP contribution in [0.4, 0.5) is 0 Å². The van der Waals surface area contributed by atoms with Crippen molar-refractivity contribution in [1.29, 1.82) is 0 Å². The molecule has 1 fully saturated rings. The van der Waals surface area contributed by atoms with E-state index in [4.69, 9.17) is 0 Å². The van der Waals surface area contributed by atoms with Gasteiger partial charge in [0.2, 0.25) is 0 Å². The van der Waals surface area contributed by atoms with E-state index in [-0.39, 0.29) is 0 Å². The highest BCUT2D eigenvalue weighted by Crippen LogP contribution is 2.18. The summed E-state index contributed by atoms with van der Waals surface area (Å²) in [6.45, 7) is 8.21. The molecule has 1 rings (SSSR count). The monoisotopic (exact) mass is 170 g/mol. The molecule has 0 aromatic carbocycles. The molecule has 2 heteroatoms. The molecule has 1 heterocycles. The zero-order valence-electron chi connectivity index (χ0n) is 8.69. The lowest BCUT2D eigenvalue weighted by molar-refractivity contribution is 0.331. The molecule has 1 unspecified atom stereocenters. The Hall–Kier alpha value is -0.0800. The summed E-state index contributed by atoms with van der Waals surface area (Å²) >= 11 is 0. The van der Waals surface area contributed by atoms with E-state index in [1.807, 2.05) is 0 Å². The van der Waals surface area contributed by atoms with Crippen molar-refractivity contribution >= 4 is 0 Å². The van der Waals surface area contributed by atoms with E-state index in [1.165, 1.54) is 38.9 Å². The molecule has 0 saturated carbocycles. The standard InChI is InChI=1S/C10H22N2/c1-4-5-7-11-10(2)6-8-12(3)9-10/h11H,4-9H2,1-3H3. The van der Waals surface area contributed by atoms with Crippen LogP contribution in [0.3, 0.4) is 0 Å². The zero-order chi connectivity index (χ0) is 9.03. The van der Waals surface area contributed by atoms with Gasteiger partial charge in [-0.05, 0) is 39.9 Å². The van der Waals surface area contributed by atoms with E-state index in [1.54, 1.807) is 0 Å². The average molecular weight is 170 g/mol. The molecule has 0 aromatic rings. The molecule has 0 aliphatic carbocycles. The molecule has 1 aliphatic heterocycles. The van der Waals surface area contributed by atoms with Crippen LogP contribution in [-0.2, 0) is 0 Å². The van der Waals surface area contributed by atoms with Crippen LogP contribution in [0.1, 0.15) is 33.1 Å². The molecule has 0 aromatic heterocycles. The maximum absolute atomic E-state index is 3.65. The number of unbranched alkanes of at least 4 members (excludes halogenated alkanes) is 1. The van der Waals surface area contributed by atoms with Crippen LogP contribution >= 0.6 is 0 Å².